The molecule has 0 saturated carbocycles. The molecular formula is C15H14O2. The molecule has 1 aliphatic carbocycles. The fourth-order valence-electron chi connectivity index (χ4n) is 2.60. The second-order valence-corrected chi connectivity index (χ2v) is 4.63. The summed E-state index contributed by atoms with van der Waals surface area (Å²) in [6.07, 6.45) is 3.31. The van der Waals surface area contributed by atoms with E-state index in [4.69, 9.17) is 4.42 Å². The number of furan rings is 1. The van der Waals surface area contributed by atoms with Gasteiger partial charge in [-0.1, -0.05) is 24.3 Å². The van der Waals surface area contributed by atoms with Crippen molar-refractivity contribution < 1.29 is 9.21 Å². The lowest BCUT2D eigenvalue weighted by molar-refractivity contribution is 0.0923. The van der Waals surface area contributed by atoms with Crippen LogP contribution in [0.25, 0.3) is 0 Å². The lowest BCUT2D eigenvalue weighted by atomic mass is 9.95. The summed E-state index contributed by atoms with van der Waals surface area (Å²) in [6, 6.07) is 10.1. The van der Waals surface area contributed by atoms with E-state index >= 15 is 0 Å². The number of hydrogen-bond donors (Lipinski definition) is 0. The van der Waals surface area contributed by atoms with E-state index in [0.29, 0.717) is 0 Å². The number of Topliss-reactive ketones (excluding diaryl/α,β-unsaturated/α-hetero) is 1. The fourth-order valence-corrected chi connectivity index (χ4v) is 2.60. The van der Waals surface area contributed by atoms with Crippen LogP contribution in [0.3, 0.4) is 0 Å². The highest BCUT2D eigenvalue weighted by Gasteiger charge is 2.29. The molecular weight excluding hydrogens is 212 g/mol. The SMILES string of the molecule is Cc1occc1C(=O)C1Cc2ccccc2C1. The fraction of sp³-hybridized carbons (Fsp3) is 0.267. The zero-order chi connectivity index (χ0) is 11.8. The molecule has 3 rings (SSSR count). The Labute approximate surface area is 100 Å². The highest BCUT2D eigenvalue weighted by Crippen LogP contribution is 2.29. The maximum atomic E-state index is 12.3. The molecule has 1 heterocycles. The Balaban J connectivity index is 1.86. The molecule has 0 amide bonds. The summed E-state index contributed by atoms with van der Waals surface area (Å²) in [4.78, 5) is 12.3. The molecule has 0 radical (unpaired) electrons. The second-order valence-electron chi connectivity index (χ2n) is 4.63. The van der Waals surface area contributed by atoms with Crippen molar-refractivity contribution in [3.63, 3.8) is 0 Å². The first kappa shape index (κ1) is 10.3. The van der Waals surface area contributed by atoms with Crippen molar-refractivity contribution in [2.75, 3.05) is 0 Å². The summed E-state index contributed by atoms with van der Waals surface area (Å²) in [5.41, 5.74) is 3.36. The Morgan fingerprint density at radius 1 is 1.18 bits per heavy atom. The van der Waals surface area contributed by atoms with E-state index in [1.807, 2.05) is 19.1 Å². The number of rotatable bonds is 2. The molecule has 0 N–H and O–H groups in total. The van der Waals surface area contributed by atoms with Gasteiger partial charge in [-0.2, -0.15) is 0 Å². The highest BCUT2D eigenvalue weighted by molar-refractivity contribution is 5.99. The third-order valence-electron chi connectivity index (χ3n) is 3.55. The molecule has 0 spiro atoms. The van der Waals surface area contributed by atoms with Crippen molar-refractivity contribution >= 4 is 5.78 Å². The Morgan fingerprint density at radius 2 is 1.82 bits per heavy atom. The maximum absolute atomic E-state index is 12.3. The van der Waals surface area contributed by atoms with Crippen LogP contribution >= 0.6 is 0 Å². The van der Waals surface area contributed by atoms with Crippen LogP contribution in [-0.2, 0) is 12.8 Å². The van der Waals surface area contributed by atoms with Gasteiger partial charge in [0.15, 0.2) is 5.78 Å². The van der Waals surface area contributed by atoms with Crippen LogP contribution in [0.1, 0.15) is 27.2 Å². The van der Waals surface area contributed by atoms with E-state index in [2.05, 4.69) is 12.1 Å². The van der Waals surface area contributed by atoms with Gasteiger partial charge in [0.25, 0.3) is 0 Å². The first-order chi connectivity index (χ1) is 8.25. The molecule has 2 aromatic rings. The Kier molecular flexibility index (Phi) is 2.36. The van der Waals surface area contributed by atoms with Crippen molar-refractivity contribution in [3.8, 4) is 0 Å². The van der Waals surface area contributed by atoms with Gasteiger partial charge in [0.1, 0.15) is 5.76 Å². The number of fused-ring (bicyclic) bond motifs is 1. The maximum Gasteiger partial charge on any atom is 0.170 e. The predicted octanol–water partition coefficient (Wildman–Crippen LogP) is 3.19. The Hall–Kier alpha value is -1.83. The van der Waals surface area contributed by atoms with Gasteiger partial charge in [-0.3, -0.25) is 4.79 Å². The molecule has 0 saturated heterocycles. The van der Waals surface area contributed by atoms with Crippen molar-refractivity contribution in [1.29, 1.82) is 0 Å². The van der Waals surface area contributed by atoms with E-state index < -0.39 is 0 Å². The van der Waals surface area contributed by atoms with E-state index in [9.17, 15) is 4.79 Å². The van der Waals surface area contributed by atoms with E-state index in [-0.39, 0.29) is 11.7 Å². The summed E-state index contributed by atoms with van der Waals surface area (Å²) in [7, 11) is 0. The van der Waals surface area contributed by atoms with Gasteiger partial charge in [-0.25, -0.2) is 0 Å². The number of benzene rings is 1. The van der Waals surface area contributed by atoms with Crippen LogP contribution in [0.2, 0.25) is 0 Å². The minimum absolute atomic E-state index is 0.0868. The molecule has 1 aliphatic rings. The summed E-state index contributed by atoms with van der Waals surface area (Å²) in [5, 5.41) is 0. The van der Waals surface area contributed by atoms with Crippen LogP contribution in [0.4, 0.5) is 0 Å². The number of carbonyl (C=O) groups is 1. The summed E-state index contributed by atoms with van der Waals surface area (Å²) in [6.45, 7) is 1.84. The molecule has 0 fully saturated rings. The van der Waals surface area contributed by atoms with E-state index in [1.54, 1.807) is 12.3 Å². The molecule has 0 aliphatic heterocycles. The lowest BCUT2D eigenvalue weighted by Crippen LogP contribution is -2.15. The average molecular weight is 226 g/mol. The molecule has 1 aromatic heterocycles. The zero-order valence-corrected chi connectivity index (χ0v) is 9.77. The molecule has 17 heavy (non-hydrogen) atoms. The lowest BCUT2D eigenvalue weighted by Gasteiger charge is -2.06. The van der Waals surface area contributed by atoms with Crippen molar-refractivity contribution in [3.05, 3.63) is 59.0 Å². The number of hydrogen-bond acceptors (Lipinski definition) is 2. The largest absolute Gasteiger partial charge is 0.469 e. The van der Waals surface area contributed by atoms with E-state index in [0.717, 1.165) is 24.2 Å². The minimum atomic E-state index is 0.0868. The van der Waals surface area contributed by atoms with Gasteiger partial charge in [-0.15, -0.1) is 0 Å². The van der Waals surface area contributed by atoms with Crippen LogP contribution < -0.4 is 0 Å². The Morgan fingerprint density at radius 3 is 2.35 bits per heavy atom. The molecule has 0 bridgehead atoms. The van der Waals surface area contributed by atoms with Crippen LogP contribution in [0, 0.1) is 12.8 Å². The van der Waals surface area contributed by atoms with E-state index in [1.165, 1.54) is 11.1 Å². The van der Waals surface area contributed by atoms with Gasteiger partial charge < -0.3 is 4.42 Å². The second kappa shape index (κ2) is 3.88. The smallest absolute Gasteiger partial charge is 0.170 e. The minimum Gasteiger partial charge on any atom is -0.469 e. The normalized spacial score (nSPS) is 14.9. The zero-order valence-electron chi connectivity index (χ0n) is 9.77. The first-order valence-corrected chi connectivity index (χ1v) is 5.91. The van der Waals surface area contributed by atoms with Crippen LogP contribution in [0.15, 0.2) is 41.0 Å². The monoisotopic (exact) mass is 226 g/mol. The van der Waals surface area contributed by atoms with Gasteiger partial charge in [0.2, 0.25) is 0 Å². The molecule has 0 unspecified atom stereocenters. The topological polar surface area (TPSA) is 30.2 Å². The number of carbonyl (C=O) groups excluding carboxylic acids is 1. The Bertz CT molecular complexity index is 541. The average Bonchev–Trinajstić information content (AvgIpc) is 2.93. The number of aryl methyl sites for hydroxylation is 1. The first-order valence-electron chi connectivity index (χ1n) is 5.91. The van der Waals surface area contributed by atoms with Gasteiger partial charge in [0, 0.05) is 5.92 Å². The quantitative estimate of drug-likeness (QED) is 0.736. The standard InChI is InChI=1S/C15H14O2/c1-10-14(6-7-17-10)15(16)13-8-11-4-2-3-5-12(11)9-13/h2-7,13H,8-9H2,1H3. The summed E-state index contributed by atoms with van der Waals surface area (Å²) in [5.74, 6) is 1.03. The summed E-state index contributed by atoms with van der Waals surface area (Å²) >= 11 is 0. The third-order valence-corrected chi connectivity index (χ3v) is 3.55. The van der Waals surface area contributed by atoms with Gasteiger partial charge in [-0.05, 0) is 37.0 Å². The molecule has 0 atom stereocenters. The van der Waals surface area contributed by atoms with Crippen molar-refractivity contribution in [1.82, 2.24) is 0 Å². The third kappa shape index (κ3) is 1.70. The highest BCUT2D eigenvalue weighted by atomic mass is 16.3. The molecule has 2 heteroatoms. The van der Waals surface area contributed by atoms with Crippen molar-refractivity contribution in [2.45, 2.75) is 19.8 Å². The molecule has 86 valence electrons. The molecule has 1 aromatic carbocycles. The summed E-state index contributed by atoms with van der Waals surface area (Å²) < 4.78 is 5.20. The molecule has 2 nitrogen and oxygen atoms in total. The van der Waals surface area contributed by atoms with Gasteiger partial charge in [0.05, 0.1) is 11.8 Å². The number of ketones is 1. The predicted molar refractivity (Wildman–Crippen MR) is 65.1 cm³/mol. The van der Waals surface area contributed by atoms with Crippen LogP contribution in [-0.4, -0.2) is 5.78 Å². The van der Waals surface area contributed by atoms with Crippen LogP contribution in [0.5, 0.6) is 0 Å². The van der Waals surface area contributed by atoms with Crippen molar-refractivity contribution in [2.24, 2.45) is 5.92 Å². The van der Waals surface area contributed by atoms with Gasteiger partial charge >= 0.3 is 0 Å².